The fraction of sp³-hybridized carbons (Fsp3) is 0.250. The van der Waals surface area contributed by atoms with Crippen molar-refractivity contribution >= 4 is 0 Å². The van der Waals surface area contributed by atoms with E-state index in [4.69, 9.17) is 4.74 Å². The second-order valence-electron chi connectivity index (χ2n) is 4.68. The van der Waals surface area contributed by atoms with Gasteiger partial charge in [-0.05, 0) is 46.4 Å². The first-order valence-electron chi connectivity index (χ1n) is 6.19. The van der Waals surface area contributed by atoms with Gasteiger partial charge in [0.1, 0.15) is 0 Å². The Bertz CT molecular complexity index is 573. The molecule has 0 fully saturated rings. The van der Waals surface area contributed by atoms with Crippen LogP contribution < -0.4 is 0 Å². The summed E-state index contributed by atoms with van der Waals surface area (Å²) in [6.45, 7) is 3.48. The standard InChI is InChI=1S/C16H16O2/c1-11-13(8-17)7-14(12-5-3-2-4-6-12)16-10-18-9-15(11)16/h2-7,17H,8-10H2,1H3. The topological polar surface area (TPSA) is 29.5 Å². The van der Waals surface area contributed by atoms with Crippen LogP contribution in [0.2, 0.25) is 0 Å². The van der Waals surface area contributed by atoms with Crippen LogP contribution in [0.4, 0.5) is 0 Å². The molecule has 1 N–H and O–H groups in total. The maximum absolute atomic E-state index is 9.48. The number of fused-ring (bicyclic) bond motifs is 1. The molecular weight excluding hydrogens is 224 g/mol. The van der Waals surface area contributed by atoms with Crippen molar-refractivity contribution in [2.24, 2.45) is 0 Å². The van der Waals surface area contributed by atoms with Gasteiger partial charge in [0.15, 0.2) is 0 Å². The van der Waals surface area contributed by atoms with Gasteiger partial charge in [0.25, 0.3) is 0 Å². The van der Waals surface area contributed by atoms with E-state index in [-0.39, 0.29) is 6.61 Å². The van der Waals surface area contributed by atoms with Gasteiger partial charge in [-0.15, -0.1) is 0 Å². The Labute approximate surface area is 107 Å². The number of aliphatic hydroxyl groups is 1. The zero-order valence-corrected chi connectivity index (χ0v) is 10.4. The maximum atomic E-state index is 9.48. The molecule has 0 unspecified atom stereocenters. The fourth-order valence-corrected chi connectivity index (χ4v) is 2.61. The lowest BCUT2D eigenvalue weighted by atomic mass is 9.91. The normalized spacial score (nSPS) is 13.7. The molecule has 92 valence electrons. The highest BCUT2D eigenvalue weighted by Gasteiger charge is 2.20. The summed E-state index contributed by atoms with van der Waals surface area (Å²) in [5.74, 6) is 0. The average molecular weight is 240 g/mol. The van der Waals surface area contributed by atoms with E-state index in [2.05, 4.69) is 25.1 Å². The highest BCUT2D eigenvalue weighted by Crippen LogP contribution is 2.35. The van der Waals surface area contributed by atoms with Crippen molar-refractivity contribution in [1.82, 2.24) is 0 Å². The number of ether oxygens (including phenoxy) is 1. The number of hydrogen-bond donors (Lipinski definition) is 1. The molecule has 1 aliphatic heterocycles. The van der Waals surface area contributed by atoms with Gasteiger partial charge in [0.05, 0.1) is 19.8 Å². The van der Waals surface area contributed by atoms with Crippen molar-refractivity contribution in [3.63, 3.8) is 0 Å². The molecule has 0 spiro atoms. The van der Waals surface area contributed by atoms with Crippen molar-refractivity contribution in [1.29, 1.82) is 0 Å². The molecule has 0 aliphatic carbocycles. The van der Waals surface area contributed by atoms with Crippen molar-refractivity contribution in [2.45, 2.75) is 26.7 Å². The first kappa shape index (κ1) is 11.5. The van der Waals surface area contributed by atoms with E-state index in [0.29, 0.717) is 13.2 Å². The lowest BCUT2D eigenvalue weighted by Gasteiger charge is -2.13. The van der Waals surface area contributed by atoms with Crippen molar-refractivity contribution in [2.75, 3.05) is 0 Å². The molecule has 0 aromatic heterocycles. The summed E-state index contributed by atoms with van der Waals surface area (Å²) >= 11 is 0. The number of aliphatic hydroxyl groups excluding tert-OH is 1. The molecule has 1 heterocycles. The van der Waals surface area contributed by atoms with Gasteiger partial charge >= 0.3 is 0 Å². The third-order valence-corrected chi connectivity index (χ3v) is 3.69. The summed E-state index contributed by atoms with van der Waals surface area (Å²) in [7, 11) is 0. The summed E-state index contributed by atoms with van der Waals surface area (Å²) in [5.41, 5.74) is 7.07. The van der Waals surface area contributed by atoms with Crippen LogP contribution in [0.1, 0.15) is 22.3 Å². The monoisotopic (exact) mass is 240 g/mol. The number of rotatable bonds is 2. The fourth-order valence-electron chi connectivity index (χ4n) is 2.61. The first-order valence-corrected chi connectivity index (χ1v) is 6.19. The van der Waals surface area contributed by atoms with Gasteiger partial charge in [-0.3, -0.25) is 0 Å². The van der Waals surface area contributed by atoms with E-state index >= 15 is 0 Å². The second kappa shape index (κ2) is 4.56. The first-order chi connectivity index (χ1) is 8.81. The largest absolute Gasteiger partial charge is 0.392 e. The molecule has 0 atom stereocenters. The van der Waals surface area contributed by atoms with Gasteiger partial charge < -0.3 is 9.84 Å². The zero-order chi connectivity index (χ0) is 12.5. The van der Waals surface area contributed by atoms with Gasteiger partial charge in [0, 0.05) is 0 Å². The van der Waals surface area contributed by atoms with Gasteiger partial charge in [-0.1, -0.05) is 30.3 Å². The van der Waals surface area contributed by atoms with E-state index in [9.17, 15) is 5.11 Å². The number of hydrogen-bond acceptors (Lipinski definition) is 2. The van der Waals surface area contributed by atoms with Gasteiger partial charge in [0.2, 0.25) is 0 Å². The molecule has 0 bridgehead atoms. The Balaban J connectivity index is 2.24. The van der Waals surface area contributed by atoms with Crippen LogP contribution in [0.3, 0.4) is 0 Å². The van der Waals surface area contributed by atoms with E-state index in [0.717, 1.165) is 5.56 Å². The highest BCUT2D eigenvalue weighted by atomic mass is 16.5. The van der Waals surface area contributed by atoms with Crippen molar-refractivity contribution < 1.29 is 9.84 Å². The third-order valence-electron chi connectivity index (χ3n) is 3.69. The summed E-state index contributed by atoms with van der Waals surface area (Å²) in [4.78, 5) is 0. The van der Waals surface area contributed by atoms with Crippen LogP contribution >= 0.6 is 0 Å². The Hall–Kier alpha value is -1.64. The predicted molar refractivity (Wildman–Crippen MR) is 71.0 cm³/mol. The quantitative estimate of drug-likeness (QED) is 0.873. The lowest BCUT2D eigenvalue weighted by Crippen LogP contribution is -1.98. The molecule has 0 radical (unpaired) electrons. The Morgan fingerprint density at radius 1 is 1.11 bits per heavy atom. The smallest absolute Gasteiger partial charge is 0.0731 e. The summed E-state index contributed by atoms with van der Waals surface area (Å²) in [6.07, 6.45) is 0. The molecule has 2 aromatic carbocycles. The van der Waals surface area contributed by atoms with E-state index in [1.807, 2.05) is 18.2 Å². The van der Waals surface area contributed by atoms with Crippen LogP contribution in [-0.2, 0) is 24.6 Å². The van der Waals surface area contributed by atoms with E-state index in [1.54, 1.807) is 0 Å². The molecule has 18 heavy (non-hydrogen) atoms. The second-order valence-corrected chi connectivity index (χ2v) is 4.68. The van der Waals surface area contributed by atoms with Crippen LogP contribution in [0.5, 0.6) is 0 Å². The molecule has 3 rings (SSSR count). The molecule has 2 nitrogen and oxygen atoms in total. The summed E-state index contributed by atoms with van der Waals surface area (Å²) in [5, 5.41) is 9.48. The lowest BCUT2D eigenvalue weighted by molar-refractivity contribution is 0.134. The van der Waals surface area contributed by atoms with Crippen molar-refractivity contribution in [3.8, 4) is 11.1 Å². The highest BCUT2D eigenvalue weighted by molar-refractivity contribution is 5.71. The van der Waals surface area contributed by atoms with E-state index < -0.39 is 0 Å². The molecular formula is C16H16O2. The molecule has 0 amide bonds. The average Bonchev–Trinajstić information content (AvgIpc) is 2.90. The predicted octanol–water partition coefficient (Wildman–Crippen LogP) is 3.18. The Kier molecular flexibility index (Phi) is 2.90. The van der Waals surface area contributed by atoms with E-state index in [1.165, 1.54) is 27.8 Å². The summed E-state index contributed by atoms with van der Waals surface area (Å²) in [6, 6.07) is 12.4. The van der Waals surface area contributed by atoms with Gasteiger partial charge in [-0.2, -0.15) is 0 Å². The van der Waals surface area contributed by atoms with Crippen molar-refractivity contribution in [3.05, 3.63) is 58.7 Å². The van der Waals surface area contributed by atoms with Gasteiger partial charge in [-0.25, -0.2) is 0 Å². The van der Waals surface area contributed by atoms with Crippen LogP contribution in [-0.4, -0.2) is 5.11 Å². The Morgan fingerprint density at radius 2 is 1.83 bits per heavy atom. The van der Waals surface area contributed by atoms with Crippen LogP contribution in [0, 0.1) is 6.92 Å². The minimum Gasteiger partial charge on any atom is -0.392 e. The van der Waals surface area contributed by atoms with Crippen LogP contribution in [0.25, 0.3) is 11.1 Å². The number of benzene rings is 2. The molecule has 0 saturated carbocycles. The molecule has 1 aliphatic rings. The molecule has 0 saturated heterocycles. The van der Waals surface area contributed by atoms with Crippen LogP contribution in [0.15, 0.2) is 36.4 Å². The minimum atomic E-state index is 0.0823. The minimum absolute atomic E-state index is 0.0823. The Morgan fingerprint density at radius 3 is 2.56 bits per heavy atom. The third kappa shape index (κ3) is 1.74. The molecule has 2 heteroatoms. The maximum Gasteiger partial charge on any atom is 0.0731 e. The zero-order valence-electron chi connectivity index (χ0n) is 10.4. The SMILES string of the molecule is Cc1c(CO)cc(-c2ccccc2)c2c1COC2. The summed E-state index contributed by atoms with van der Waals surface area (Å²) < 4.78 is 5.58. The molecule has 2 aromatic rings.